The van der Waals surface area contributed by atoms with Crippen LogP contribution in [0.1, 0.15) is 45.5 Å². The van der Waals surface area contributed by atoms with E-state index in [1.165, 1.54) is 19.8 Å². The van der Waals surface area contributed by atoms with Crippen molar-refractivity contribution in [3.8, 4) is 28.3 Å². The topological polar surface area (TPSA) is 139 Å². The van der Waals surface area contributed by atoms with Crippen molar-refractivity contribution in [1.82, 2.24) is 30.3 Å². The van der Waals surface area contributed by atoms with Crippen LogP contribution >= 0.6 is 0 Å². The van der Waals surface area contributed by atoms with Gasteiger partial charge in [-0.1, -0.05) is 24.3 Å². The van der Waals surface area contributed by atoms with Gasteiger partial charge in [-0.15, -0.1) is 10.2 Å². The summed E-state index contributed by atoms with van der Waals surface area (Å²) in [6.45, 7) is 1.47. The average molecular weight is 583 g/mol. The van der Waals surface area contributed by atoms with Gasteiger partial charge in [-0.2, -0.15) is 0 Å². The molecule has 0 atom stereocenters. The summed E-state index contributed by atoms with van der Waals surface area (Å²) in [4.78, 5) is 41.4. The van der Waals surface area contributed by atoms with Crippen LogP contribution in [0.25, 0.3) is 16.8 Å². The summed E-state index contributed by atoms with van der Waals surface area (Å²) in [7, 11) is 1.50. The lowest BCUT2D eigenvalue weighted by atomic mass is 9.98. The maximum absolute atomic E-state index is 13.8. The van der Waals surface area contributed by atoms with Crippen molar-refractivity contribution in [3.63, 3.8) is 0 Å². The van der Waals surface area contributed by atoms with Crippen molar-refractivity contribution >= 4 is 17.7 Å². The second-order valence-corrected chi connectivity index (χ2v) is 10.3. The third-order valence-corrected chi connectivity index (χ3v) is 7.39. The number of methoxy groups -OCH3 is 1. The molecule has 0 radical (unpaired) electrons. The highest BCUT2D eigenvalue weighted by Crippen LogP contribution is 2.33. The number of ether oxygens (including phenoxy) is 1. The Bertz CT molecular complexity index is 1600. The number of phenols is 1. The lowest BCUT2D eigenvalue weighted by molar-refractivity contribution is -0.121. The fraction of sp³-hybridized carbons (Fsp3) is 0.281. The minimum absolute atomic E-state index is 0.0887. The van der Waals surface area contributed by atoms with Gasteiger partial charge in [0.25, 0.3) is 11.8 Å². The molecule has 0 spiro atoms. The van der Waals surface area contributed by atoms with Gasteiger partial charge in [-0.05, 0) is 66.8 Å². The number of hydrogen-bond donors (Lipinski definition) is 3. The van der Waals surface area contributed by atoms with Crippen LogP contribution in [-0.2, 0) is 11.2 Å². The van der Waals surface area contributed by atoms with E-state index in [-0.39, 0.29) is 29.9 Å². The van der Waals surface area contributed by atoms with Crippen LogP contribution in [0.3, 0.4) is 0 Å². The lowest BCUT2D eigenvalue weighted by Crippen LogP contribution is -2.36. The van der Waals surface area contributed by atoms with Crippen molar-refractivity contribution in [2.45, 2.75) is 25.7 Å². The van der Waals surface area contributed by atoms with E-state index in [2.05, 4.69) is 20.8 Å². The normalized spacial score (nSPS) is 15.0. The molecule has 11 heteroatoms. The minimum atomic E-state index is -0.321. The highest BCUT2D eigenvalue weighted by atomic mass is 16.5. The zero-order chi connectivity index (χ0) is 30.2. The molecule has 3 aromatic carbocycles. The molecule has 0 fully saturated rings. The average Bonchev–Trinajstić information content (AvgIpc) is 3.57. The van der Waals surface area contributed by atoms with Crippen LogP contribution < -0.4 is 15.4 Å². The van der Waals surface area contributed by atoms with Crippen LogP contribution in [0.2, 0.25) is 0 Å². The second kappa shape index (κ2) is 13.6. The number of phenolic OH excluding ortho intramolecular Hbond substituents is 1. The third kappa shape index (κ3) is 7.00. The van der Waals surface area contributed by atoms with Gasteiger partial charge in [0, 0.05) is 38.2 Å². The summed E-state index contributed by atoms with van der Waals surface area (Å²) in [5.74, 6) is -0.103. The van der Waals surface area contributed by atoms with Crippen LogP contribution in [-0.4, -0.2) is 75.8 Å². The predicted octanol–water partition coefficient (Wildman–Crippen LogP) is 3.36. The number of carbonyl (C=O) groups excluding carboxylic acids is 3. The predicted molar refractivity (Wildman–Crippen MR) is 160 cm³/mol. The number of carbonyl (C=O) groups is 3. The summed E-state index contributed by atoms with van der Waals surface area (Å²) in [5.41, 5.74) is 3.65. The molecule has 0 unspecified atom stereocenters. The Hall–Kier alpha value is -5.19. The number of nitrogens with one attached hydrogen (secondary N) is 2. The van der Waals surface area contributed by atoms with E-state index in [0.717, 1.165) is 5.56 Å². The maximum atomic E-state index is 13.8. The Morgan fingerprint density at radius 2 is 1.67 bits per heavy atom. The number of hydrogen-bond acceptors (Lipinski definition) is 7. The summed E-state index contributed by atoms with van der Waals surface area (Å²) >= 11 is 0. The van der Waals surface area contributed by atoms with Gasteiger partial charge in [0.15, 0.2) is 0 Å². The Balaban J connectivity index is 1.39. The number of amides is 3. The second-order valence-electron chi connectivity index (χ2n) is 10.3. The highest BCUT2D eigenvalue weighted by molar-refractivity contribution is 5.99. The van der Waals surface area contributed by atoms with E-state index in [1.807, 2.05) is 24.3 Å². The molecule has 3 N–H and O–H groups in total. The first-order valence-corrected chi connectivity index (χ1v) is 14.2. The number of fused-ring (bicyclic) bond motifs is 5. The van der Waals surface area contributed by atoms with Crippen molar-refractivity contribution < 1.29 is 24.2 Å². The van der Waals surface area contributed by atoms with Crippen LogP contribution in [0, 0.1) is 0 Å². The standard InChI is InChI=1S/C32H34N6O5/c1-43-29-12-10-23-19-26(29)31(41)34-14-5-17-37(32(42)24-6-2-3-7-27(24)38-20-35-36-21-38)16-4-8-30(40)33-15-13-22-9-11-28(39)25(23)18-22/h2-3,6-7,9-12,18-21,39H,4-5,8,13-17H2,1H3,(H,33,40)(H,34,41). The monoisotopic (exact) mass is 582 g/mol. The van der Waals surface area contributed by atoms with Crippen molar-refractivity contribution in [3.05, 3.63) is 90.0 Å². The summed E-state index contributed by atoms with van der Waals surface area (Å²) in [6.07, 6.45) is 4.86. The van der Waals surface area contributed by atoms with Crippen molar-refractivity contribution in [2.24, 2.45) is 0 Å². The zero-order valence-electron chi connectivity index (χ0n) is 24.0. The maximum Gasteiger partial charge on any atom is 0.255 e. The number of nitrogens with zero attached hydrogens (tertiary/aromatic N) is 4. The molecule has 0 saturated carbocycles. The molecule has 0 aliphatic carbocycles. The first-order valence-electron chi connectivity index (χ1n) is 14.2. The first kappa shape index (κ1) is 29.3. The molecule has 11 nitrogen and oxygen atoms in total. The Morgan fingerprint density at radius 1 is 0.884 bits per heavy atom. The zero-order valence-corrected chi connectivity index (χ0v) is 24.0. The summed E-state index contributed by atoms with van der Waals surface area (Å²) in [5, 5.41) is 24.2. The molecule has 3 amide bonds. The van der Waals surface area contributed by atoms with Crippen molar-refractivity contribution in [1.29, 1.82) is 0 Å². The van der Waals surface area contributed by atoms with Gasteiger partial charge in [0.2, 0.25) is 5.91 Å². The van der Waals surface area contributed by atoms with E-state index in [4.69, 9.17) is 4.74 Å². The molecule has 0 saturated heterocycles. The number of rotatable bonds is 3. The van der Waals surface area contributed by atoms with Gasteiger partial charge in [-0.25, -0.2) is 0 Å². The molecule has 2 heterocycles. The van der Waals surface area contributed by atoms with E-state index < -0.39 is 0 Å². The third-order valence-electron chi connectivity index (χ3n) is 7.39. The number of aromatic hydroxyl groups is 1. The Kier molecular flexibility index (Phi) is 9.30. The quantitative estimate of drug-likeness (QED) is 0.337. The van der Waals surface area contributed by atoms with E-state index in [1.54, 1.807) is 45.9 Å². The Morgan fingerprint density at radius 3 is 2.49 bits per heavy atom. The summed E-state index contributed by atoms with van der Waals surface area (Å²) in [6, 6.07) is 17.7. The fourth-order valence-corrected chi connectivity index (χ4v) is 5.15. The minimum Gasteiger partial charge on any atom is -0.507 e. The molecular formula is C32H34N6O5. The number of aromatic nitrogens is 3. The smallest absolute Gasteiger partial charge is 0.255 e. The first-order chi connectivity index (χ1) is 20.9. The largest absolute Gasteiger partial charge is 0.507 e. The summed E-state index contributed by atoms with van der Waals surface area (Å²) < 4.78 is 7.14. The van der Waals surface area contributed by atoms with Gasteiger partial charge in [-0.3, -0.25) is 19.0 Å². The molecule has 43 heavy (non-hydrogen) atoms. The van der Waals surface area contributed by atoms with Gasteiger partial charge >= 0.3 is 0 Å². The highest BCUT2D eigenvalue weighted by Gasteiger charge is 2.21. The van der Waals surface area contributed by atoms with Crippen LogP contribution in [0.15, 0.2) is 73.3 Å². The molecular weight excluding hydrogens is 548 g/mol. The van der Waals surface area contributed by atoms with Gasteiger partial charge < -0.3 is 25.4 Å². The molecule has 222 valence electrons. The van der Waals surface area contributed by atoms with Gasteiger partial charge in [0.05, 0.1) is 23.9 Å². The Labute approximate surface area is 249 Å². The molecule has 5 rings (SSSR count). The van der Waals surface area contributed by atoms with Crippen molar-refractivity contribution in [2.75, 3.05) is 33.3 Å². The van der Waals surface area contributed by atoms with Gasteiger partial charge in [0.1, 0.15) is 24.2 Å². The molecule has 1 aliphatic rings. The molecule has 4 aromatic rings. The van der Waals surface area contributed by atoms with E-state index in [9.17, 15) is 19.5 Å². The lowest BCUT2D eigenvalue weighted by Gasteiger charge is -2.24. The van der Waals surface area contributed by atoms with Crippen LogP contribution in [0.4, 0.5) is 0 Å². The van der Waals surface area contributed by atoms with E-state index in [0.29, 0.717) is 79.1 Å². The number of benzene rings is 3. The van der Waals surface area contributed by atoms with Crippen LogP contribution in [0.5, 0.6) is 11.5 Å². The molecule has 1 aliphatic heterocycles. The number of para-hydroxylation sites is 1. The SMILES string of the molecule is COc1ccc2cc1C(=O)NCCCN(C(=O)c1ccccc1-n1cnnc1)CCCC(=O)NCCc1ccc(O)c-2c1. The van der Waals surface area contributed by atoms with E-state index >= 15 is 0 Å². The molecule has 1 aromatic heterocycles. The fourth-order valence-electron chi connectivity index (χ4n) is 5.15. The molecule has 4 bridgehead atoms.